The highest BCUT2D eigenvalue weighted by Crippen LogP contribution is 2.37. The molecule has 0 saturated heterocycles. The van der Waals surface area contributed by atoms with Gasteiger partial charge in [-0.1, -0.05) is 19.9 Å². The van der Waals surface area contributed by atoms with E-state index in [1.807, 2.05) is 31.3 Å². The lowest BCUT2D eigenvalue weighted by Crippen LogP contribution is -2.45. The Labute approximate surface area is 139 Å². The van der Waals surface area contributed by atoms with Crippen LogP contribution in [0.4, 0.5) is 11.4 Å². The zero-order valence-corrected chi connectivity index (χ0v) is 15.2. The summed E-state index contributed by atoms with van der Waals surface area (Å²) in [4.78, 5) is 15.1. The van der Waals surface area contributed by atoms with Crippen LogP contribution in [0.25, 0.3) is 0 Å². The molecule has 1 amide bonds. The topological polar surface area (TPSA) is 58.4 Å². The van der Waals surface area contributed by atoms with E-state index in [0.29, 0.717) is 5.69 Å². The Balaban J connectivity index is 2.31. The summed E-state index contributed by atoms with van der Waals surface area (Å²) in [6, 6.07) is 5.58. The predicted octanol–water partition coefficient (Wildman–Crippen LogP) is 3.93. The number of hydrogen-bond acceptors (Lipinski definition) is 3. The summed E-state index contributed by atoms with van der Waals surface area (Å²) in [5.74, 6) is -0.0438. The van der Waals surface area contributed by atoms with Gasteiger partial charge in [-0.05, 0) is 57.2 Å². The van der Waals surface area contributed by atoms with E-state index in [2.05, 4.69) is 44.8 Å². The van der Waals surface area contributed by atoms with E-state index >= 15 is 0 Å². The number of nitrogens with zero attached hydrogens (tertiary/aromatic N) is 1. The number of carbonyl (C=O) groups is 1. The summed E-state index contributed by atoms with van der Waals surface area (Å²) in [7, 11) is 0. The predicted molar refractivity (Wildman–Crippen MR) is 97.2 cm³/mol. The summed E-state index contributed by atoms with van der Waals surface area (Å²) in [6.07, 6.45) is 2.99. The maximum Gasteiger partial charge on any atom is 0.253 e. The fraction of sp³-hybridized carbons (Fsp3) is 0.526. The van der Waals surface area contributed by atoms with Crippen molar-refractivity contribution in [2.24, 2.45) is 5.41 Å². The Kier molecular flexibility index (Phi) is 4.47. The van der Waals surface area contributed by atoms with E-state index in [4.69, 9.17) is 5.73 Å². The van der Waals surface area contributed by atoms with Crippen molar-refractivity contribution in [3.8, 4) is 0 Å². The van der Waals surface area contributed by atoms with E-state index in [9.17, 15) is 4.79 Å². The van der Waals surface area contributed by atoms with Gasteiger partial charge in [0.1, 0.15) is 0 Å². The Hall–Kier alpha value is -1.97. The van der Waals surface area contributed by atoms with Crippen molar-refractivity contribution >= 4 is 17.3 Å². The molecule has 1 heterocycles. The van der Waals surface area contributed by atoms with Gasteiger partial charge in [0.25, 0.3) is 5.91 Å². The molecular formula is C19H29N3O. The first-order chi connectivity index (χ1) is 10.5. The Morgan fingerprint density at radius 2 is 1.96 bits per heavy atom. The highest BCUT2D eigenvalue weighted by molar-refractivity contribution is 6.05. The van der Waals surface area contributed by atoms with Crippen LogP contribution in [0.2, 0.25) is 0 Å². The second-order valence-electron chi connectivity index (χ2n) is 8.07. The Bertz CT molecular complexity index is 639. The van der Waals surface area contributed by atoms with E-state index in [0.717, 1.165) is 29.8 Å². The zero-order chi connectivity index (χ0) is 17.4. The fourth-order valence-corrected chi connectivity index (χ4v) is 2.79. The lowest BCUT2D eigenvalue weighted by Gasteiger charge is -2.43. The number of hydrogen-bond donors (Lipinski definition) is 2. The van der Waals surface area contributed by atoms with Crippen molar-refractivity contribution in [3.63, 3.8) is 0 Å². The van der Waals surface area contributed by atoms with Crippen molar-refractivity contribution in [1.29, 1.82) is 0 Å². The van der Waals surface area contributed by atoms with E-state index < -0.39 is 0 Å². The van der Waals surface area contributed by atoms with Gasteiger partial charge in [0, 0.05) is 35.2 Å². The Morgan fingerprint density at radius 1 is 1.30 bits per heavy atom. The first-order valence-electron chi connectivity index (χ1n) is 8.17. The summed E-state index contributed by atoms with van der Waals surface area (Å²) in [5.41, 5.74) is 8.97. The van der Waals surface area contributed by atoms with Crippen LogP contribution in [0, 0.1) is 12.3 Å². The molecule has 0 atom stereocenters. The van der Waals surface area contributed by atoms with Crippen molar-refractivity contribution in [2.75, 3.05) is 17.6 Å². The van der Waals surface area contributed by atoms with Crippen LogP contribution < -0.4 is 11.1 Å². The average Bonchev–Trinajstić information content (AvgIpc) is 2.41. The second kappa shape index (κ2) is 5.91. The van der Waals surface area contributed by atoms with Crippen molar-refractivity contribution in [2.45, 2.75) is 53.5 Å². The minimum absolute atomic E-state index is 0.00905. The van der Waals surface area contributed by atoms with Gasteiger partial charge in [0.2, 0.25) is 0 Å². The first-order valence-corrected chi connectivity index (χ1v) is 8.17. The molecule has 0 fully saturated rings. The molecule has 4 heteroatoms. The smallest absolute Gasteiger partial charge is 0.253 e. The number of rotatable bonds is 2. The van der Waals surface area contributed by atoms with Crippen LogP contribution >= 0.6 is 0 Å². The number of nitrogens with one attached hydrogen (secondary N) is 1. The molecule has 0 radical (unpaired) electrons. The molecule has 126 valence electrons. The SMILES string of the molecule is Cc1ccc(N)cc1NC(=O)C1=CN(C(C)(C)C)CCC1(C)C. The molecule has 1 aromatic carbocycles. The molecule has 0 saturated carbocycles. The van der Waals surface area contributed by atoms with Crippen molar-refractivity contribution in [1.82, 2.24) is 4.90 Å². The van der Waals surface area contributed by atoms with Crippen molar-refractivity contribution in [3.05, 3.63) is 35.5 Å². The molecule has 0 bridgehead atoms. The third kappa shape index (κ3) is 3.87. The molecule has 2 rings (SSSR count). The largest absolute Gasteiger partial charge is 0.399 e. The molecule has 0 aliphatic carbocycles. The molecule has 23 heavy (non-hydrogen) atoms. The van der Waals surface area contributed by atoms with Gasteiger partial charge in [0.15, 0.2) is 0 Å². The molecule has 1 aliphatic rings. The van der Waals surface area contributed by atoms with Crippen molar-refractivity contribution < 1.29 is 4.79 Å². The van der Waals surface area contributed by atoms with Crippen LogP contribution in [-0.2, 0) is 4.79 Å². The quantitative estimate of drug-likeness (QED) is 0.813. The molecule has 3 N–H and O–H groups in total. The molecular weight excluding hydrogens is 286 g/mol. The normalized spacial score (nSPS) is 17.7. The Morgan fingerprint density at radius 3 is 2.57 bits per heavy atom. The first kappa shape index (κ1) is 17.4. The number of aryl methyl sites for hydroxylation is 1. The minimum atomic E-state index is -0.139. The number of amides is 1. The highest BCUT2D eigenvalue weighted by Gasteiger charge is 2.35. The molecule has 1 aliphatic heterocycles. The maximum absolute atomic E-state index is 12.9. The van der Waals surface area contributed by atoms with E-state index in [-0.39, 0.29) is 16.9 Å². The second-order valence-corrected chi connectivity index (χ2v) is 8.07. The van der Waals surface area contributed by atoms with Gasteiger partial charge in [-0.15, -0.1) is 0 Å². The lowest BCUT2D eigenvalue weighted by atomic mass is 9.78. The average molecular weight is 315 g/mol. The highest BCUT2D eigenvalue weighted by atomic mass is 16.1. The van der Waals surface area contributed by atoms with Crippen LogP contribution in [-0.4, -0.2) is 22.9 Å². The molecule has 0 unspecified atom stereocenters. The van der Waals surface area contributed by atoms with E-state index in [1.54, 1.807) is 0 Å². The molecule has 0 aromatic heterocycles. The number of benzene rings is 1. The van der Waals surface area contributed by atoms with E-state index in [1.165, 1.54) is 0 Å². The third-order valence-electron chi connectivity index (χ3n) is 4.61. The molecule has 1 aromatic rings. The maximum atomic E-state index is 12.9. The van der Waals surface area contributed by atoms with Gasteiger partial charge < -0.3 is 16.0 Å². The summed E-state index contributed by atoms with van der Waals surface area (Å²) < 4.78 is 0. The molecule has 0 spiro atoms. The van der Waals surface area contributed by atoms with Gasteiger partial charge in [0.05, 0.1) is 0 Å². The summed E-state index contributed by atoms with van der Waals surface area (Å²) in [5, 5.41) is 3.03. The van der Waals surface area contributed by atoms with Crippen LogP contribution in [0.3, 0.4) is 0 Å². The lowest BCUT2D eigenvalue weighted by molar-refractivity contribution is -0.114. The number of anilines is 2. The van der Waals surface area contributed by atoms with Gasteiger partial charge in [-0.3, -0.25) is 4.79 Å². The molecule has 4 nitrogen and oxygen atoms in total. The standard InChI is InChI=1S/C19H29N3O/c1-13-7-8-14(20)11-16(13)21-17(23)15-12-22(18(2,3)4)10-9-19(15,5)6/h7-8,11-12H,9-10,20H2,1-6H3,(H,21,23). The fourth-order valence-electron chi connectivity index (χ4n) is 2.79. The minimum Gasteiger partial charge on any atom is -0.399 e. The van der Waals surface area contributed by atoms with Crippen LogP contribution in [0.15, 0.2) is 30.0 Å². The third-order valence-corrected chi connectivity index (χ3v) is 4.61. The van der Waals surface area contributed by atoms with Gasteiger partial charge in [-0.2, -0.15) is 0 Å². The van der Waals surface area contributed by atoms with Gasteiger partial charge in [-0.25, -0.2) is 0 Å². The zero-order valence-electron chi connectivity index (χ0n) is 15.2. The number of carbonyl (C=O) groups excluding carboxylic acids is 1. The van der Waals surface area contributed by atoms with Gasteiger partial charge >= 0.3 is 0 Å². The number of nitrogens with two attached hydrogens (primary N) is 1. The monoisotopic (exact) mass is 315 g/mol. The summed E-state index contributed by atoms with van der Waals surface area (Å²) in [6.45, 7) is 13.7. The van der Waals surface area contributed by atoms with Crippen LogP contribution in [0.5, 0.6) is 0 Å². The number of nitrogen functional groups attached to an aromatic ring is 1. The summed E-state index contributed by atoms with van der Waals surface area (Å²) >= 11 is 0. The van der Waals surface area contributed by atoms with Crippen LogP contribution in [0.1, 0.15) is 46.6 Å².